The topological polar surface area (TPSA) is 17.1 Å². The van der Waals surface area contributed by atoms with E-state index in [1.54, 1.807) is 0 Å². The third-order valence-electron chi connectivity index (χ3n) is 14.3. The van der Waals surface area contributed by atoms with Gasteiger partial charge < -0.3 is 0 Å². The molecule has 370 valence electrons. The van der Waals surface area contributed by atoms with Crippen LogP contribution in [0.4, 0.5) is 0 Å². The minimum Gasteiger partial charge on any atom is -0.289 e. The van der Waals surface area contributed by atoms with Gasteiger partial charge in [0.2, 0.25) is 0 Å². The third-order valence-corrected chi connectivity index (χ3v) is 14.3. The highest BCUT2D eigenvalue weighted by Gasteiger charge is 2.37. The molecule has 0 amide bonds. The van der Waals surface area contributed by atoms with Crippen LogP contribution < -0.4 is 0 Å². The van der Waals surface area contributed by atoms with Crippen molar-refractivity contribution in [2.75, 3.05) is 0 Å². The fourth-order valence-corrected chi connectivity index (χ4v) is 10.7. The van der Waals surface area contributed by atoms with Gasteiger partial charge in [-0.15, -0.1) is 6.42 Å². The SMILES string of the molecule is C#Cc1cc(C#Cc2ccccc2)cc(C2=C(c3ccccc3)C(=C)C(c3ccccc3)=C2c2ccc(C3=C(c4ccccc4)C(=O)C(c4ccccc4)=C3c3cc(C#Cc4ccccc4)cc(C#Cc4ccccc4)c3)cc2)c1. The fraction of sp³-hybridized carbons (Fsp3) is 0. The van der Waals surface area contributed by atoms with Gasteiger partial charge in [0.15, 0.2) is 5.78 Å². The second-order valence-electron chi connectivity index (χ2n) is 19.4. The summed E-state index contributed by atoms with van der Waals surface area (Å²) in [7, 11) is 0. The molecule has 12 rings (SSSR count). The summed E-state index contributed by atoms with van der Waals surface area (Å²) in [5.41, 5.74) is 20.9. The minimum atomic E-state index is -0.0624. The monoisotopic (exact) mass is 1010 g/mol. The normalized spacial score (nSPS) is 12.8. The number of Topliss-reactive ketones (excluding diaryl/α,β-unsaturated/α-hetero) is 1. The number of terminal acetylenes is 1. The van der Waals surface area contributed by atoms with E-state index < -0.39 is 0 Å². The van der Waals surface area contributed by atoms with Gasteiger partial charge in [0.1, 0.15) is 0 Å². The highest BCUT2D eigenvalue weighted by molar-refractivity contribution is 6.59. The van der Waals surface area contributed by atoms with Crippen LogP contribution in [0.25, 0.3) is 44.6 Å². The van der Waals surface area contributed by atoms with E-state index in [9.17, 15) is 0 Å². The molecule has 0 heterocycles. The second kappa shape index (κ2) is 22.6. The zero-order valence-electron chi connectivity index (χ0n) is 43.7. The quantitative estimate of drug-likeness (QED) is 0.139. The molecule has 0 saturated heterocycles. The Kier molecular flexibility index (Phi) is 14.0. The maximum Gasteiger partial charge on any atom is 0.195 e. The molecule has 0 bridgehead atoms. The summed E-state index contributed by atoms with van der Waals surface area (Å²) < 4.78 is 0. The molecule has 0 atom stereocenters. The molecule has 0 radical (unpaired) electrons. The lowest BCUT2D eigenvalue weighted by molar-refractivity contribution is -0.108. The lowest BCUT2D eigenvalue weighted by Gasteiger charge is -2.17. The molecule has 0 unspecified atom stereocenters. The van der Waals surface area contributed by atoms with Crippen molar-refractivity contribution in [3.05, 3.63) is 369 Å². The molecule has 0 fully saturated rings. The Morgan fingerprint density at radius 2 is 0.475 bits per heavy atom. The van der Waals surface area contributed by atoms with Crippen LogP contribution in [0.15, 0.2) is 285 Å². The molecule has 1 nitrogen and oxygen atoms in total. The number of hydrogen-bond donors (Lipinski definition) is 0. The summed E-state index contributed by atoms with van der Waals surface area (Å²) in [6.07, 6.45) is 6.28. The fourth-order valence-electron chi connectivity index (χ4n) is 10.7. The molecular formula is C79H48O. The highest BCUT2D eigenvalue weighted by Crippen LogP contribution is 2.55. The molecular weight excluding hydrogens is 965 g/mol. The van der Waals surface area contributed by atoms with Gasteiger partial charge >= 0.3 is 0 Å². The van der Waals surface area contributed by atoms with E-state index in [1.807, 2.05) is 176 Å². The Morgan fingerprint density at radius 1 is 0.237 bits per heavy atom. The average molecular weight is 1010 g/mol. The van der Waals surface area contributed by atoms with Crippen LogP contribution in [-0.2, 0) is 4.79 Å². The first-order chi connectivity index (χ1) is 39.5. The summed E-state index contributed by atoms with van der Waals surface area (Å²) in [4.78, 5) is 15.7. The average Bonchev–Trinajstić information content (AvgIpc) is 4.19. The molecule has 1 heteroatoms. The molecule has 80 heavy (non-hydrogen) atoms. The largest absolute Gasteiger partial charge is 0.289 e. The highest BCUT2D eigenvalue weighted by atomic mass is 16.1. The molecule has 2 aliphatic rings. The number of benzene rings is 10. The van der Waals surface area contributed by atoms with Crippen molar-refractivity contribution in [2.45, 2.75) is 0 Å². The van der Waals surface area contributed by atoms with Crippen LogP contribution in [0.5, 0.6) is 0 Å². The van der Waals surface area contributed by atoms with Gasteiger partial charge in [-0.05, 0) is 145 Å². The van der Waals surface area contributed by atoms with Crippen LogP contribution >= 0.6 is 0 Å². The van der Waals surface area contributed by atoms with E-state index in [4.69, 9.17) is 13.0 Å². The van der Waals surface area contributed by atoms with Crippen LogP contribution in [0.1, 0.15) is 83.5 Å². The van der Waals surface area contributed by atoms with Gasteiger partial charge in [-0.1, -0.05) is 248 Å². The van der Waals surface area contributed by atoms with Crippen molar-refractivity contribution in [3.63, 3.8) is 0 Å². The van der Waals surface area contributed by atoms with Crippen molar-refractivity contribution in [1.29, 1.82) is 0 Å². The zero-order chi connectivity index (χ0) is 54.2. The lowest BCUT2D eigenvalue weighted by atomic mass is 9.85. The minimum absolute atomic E-state index is 0.0624. The van der Waals surface area contributed by atoms with Crippen molar-refractivity contribution in [2.24, 2.45) is 0 Å². The van der Waals surface area contributed by atoms with E-state index >= 15 is 4.79 Å². The van der Waals surface area contributed by atoms with Gasteiger partial charge in [0.25, 0.3) is 0 Å². The lowest BCUT2D eigenvalue weighted by Crippen LogP contribution is -2.02. The number of carbonyl (C=O) groups excluding carboxylic acids is 1. The van der Waals surface area contributed by atoms with E-state index in [0.29, 0.717) is 11.1 Å². The van der Waals surface area contributed by atoms with Gasteiger partial charge in [-0.2, -0.15) is 0 Å². The van der Waals surface area contributed by atoms with E-state index in [0.717, 1.165) is 122 Å². The summed E-state index contributed by atoms with van der Waals surface area (Å²) in [6.45, 7) is 4.90. The first-order valence-electron chi connectivity index (χ1n) is 26.5. The maximum atomic E-state index is 15.7. The Hall–Kier alpha value is -11.2. The van der Waals surface area contributed by atoms with Crippen LogP contribution in [-0.4, -0.2) is 5.78 Å². The summed E-state index contributed by atoms with van der Waals surface area (Å²) in [5, 5.41) is 0. The number of hydrogen-bond acceptors (Lipinski definition) is 1. The van der Waals surface area contributed by atoms with Crippen LogP contribution in [0, 0.1) is 47.9 Å². The Balaban J connectivity index is 1.09. The standard InChI is InChI=1S/C79H48O/c1-3-56-49-60(42-39-57-25-11-4-12-26-57)52-69(51-56)75-72(64-33-19-8-20-34-64)55(2)71(63-31-17-7-18-32-63)73(75)67-45-47-68(48-46-67)74-76(78(66-37-23-10-24-38-66)79(80)77(74)65-35-21-9-22-36-65)70-53-61(43-40-58-27-13-5-14-28-58)50-62(54-70)44-41-59-29-15-6-16-30-59/h1,4-38,45-54H,2H2. The molecule has 2 aliphatic carbocycles. The number of allylic oxidation sites excluding steroid dienone is 9. The second-order valence-corrected chi connectivity index (χ2v) is 19.4. The van der Waals surface area contributed by atoms with Gasteiger partial charge in [0.05, 0.1) is 0 Å². The van der Waals surface area contributed by atoms with Crippen molar-refractivity contribution in [1.82, 2.24) is 0 Å². The Morgan fingerprint density at radius 3 is 0.812 bits per heavy atom. The van der Waals surface area contributed by atoms with E-state index in [-0.39, 0.29) is 5.78 Å². The van der Waals surface area contributed by atoms with Crippen LogP contribution in [0.3, 0.4) is 0 Å². The number of ketones is 1. The first kappa shape index (κ1) is 49.7. The summed E-state index contributed by atoms with van der Waals surface area (Å²) in [5.74, 6) is 23.4. The Bertz CT molecular complexity index is 4340. The Labute approximate surface area is 469 Å². The summed E-state index contributed by atoms with van der Waals surface area (Å²) in [6, 6.07) is 92.0. The molecule has 10 aromatic rings. The smallest absolute Gasteiger partial charge is 0.195 e. The molecule has 0 saturated carbocycles. The molecule has 10 aromatic carbocycles. The summed E-state index contributed by atoms with van der Waals surface area (Å²) >= 11 is 0. The molecule has 0 aliphatic heterocycles. The van der Waals surface area contributed by atoms with Gasteiger partial charge in [-0.3, -0.25) is 4.79 Å². The van der Waals surface area contributed by atoms with Crippen LogP contribution in [0.2, 0.25) is 0 Å². The van der Waals surface area contributed by atoms with E-state index in [2.05, 4.69) is 139 Å². The maximum absolute atomic E-state index is 15.7. The molecule has 0 spiro atoms. The van der Waals surface area contributed by atoms with E-state index in [1.165, 1.54) is 0 Å². The van der Waals surface area contributed by atoms with Crippen molar-refractivity contribution >= 4 is 50.4 Å². The molecule has 0 aromatic heterocycles. The predicted molar refractivity (Wildman–Crippen MR) is 332 cm³/mol. The van der Waals surface area contributed by atoms with Crippen molar-refractivity contribution in [3.8, 4) is 47.9 Å². The third kappa shape index (κ3) is 10.3. The van der Waals surface area contributed by atoms with Crippen molar-refractivity contribution < 1.29 is 4.79 Å². The first-order valence-corrected chi connectivity index (χ1v) is 26.5. The van der Waals surface area contributed by atoms with Gasteiger partial charge in [-0.25, -0.2) is 0 Å². The zero-order valence-corrected chi connectivity index (χ0v) is 43.7. The number of carbonyl (C=O) groups is 1. The molecule has 0 N–H and O–H groups in total. The van der Waals surface area contributed by atoms with Gasteiger partial charge in [0, 0.05) is 61.2 Å². The number of rotatable bonds is 8. The predicted octanol–water partition coefficient (Wildman–Crippen LogP) is 17.1.